The van der Waals surface area contributed by atoms with Crippen LogP contribution in [-0.4, -0.2) is 31.1 Å². The van der Waals surface area contributed by atoms with Crippen LogP contribution in [0.15, 0.2) is 53.7 Å². The topological polar surface area (TPSA) is 58.5 Å². The van der Waals surface area contributed by atoms with Crippen molar-refractivity contribution < 1.29 is 4.74 Å². The summed E-state index contributed by atoms with van der Waals surface area (Å²) in [7, 11) is 1.78. The van der Waals surface area contributed by atoms with Gasteiger partial charge in [-0.25, -0.2) is 0 Å². The lowest BCUT2D eigenvalue weighted by Crippen LogP contribution is -2.38. The lowest BCUT2D eigenvalue weighted by molar-refractivity contribution is 0.268. The average Bonchev–Trinajstić information content (AvgIpc) is 2.64. The SMILES string of the molecule is CN=C(NCCc1ccccn1)NCc1ccccc1OCC(C)C.I. The van der Waals surface area contributed by atoms with Gasteiger partial charge in [0.05, 0.1) is 6.61 Å². The summed E-state index contributed by atoms with van der Waals surface area (Å²) in [6.07, 6.45) is 2.67. The van der Waals surface area contributed by atoms with Gasteiger partial charge in [-0.2, -0.15) is 0 Å². The minimum absolute atomic E-state index is 0. The molecule has 2 rings (SSSR count). The molecule has 1 heterocycles. The van der Waals surface area contributed by atoms with Gasteiger partial charge in [0.2, 0.25) is 0 Å². The number of guanidine groups is 1. The summed E-state index contributed by atoms with van der Waals surface area (Å²) in [5.74, 6) is 2.20. The normalized spacial score (nSPS) is 11.0. The number of halogens is 1. The second-order valence-electron chi connectivity index (χ2n) is 6.24. The van der Waals surface area contributed by atoms with Crippen molar-refractivity contribution in [3.8, 4) is 5.75 Å². The molecule has 0 unspecified atom stereocenters. The summed E-state index contributed by atoms with van der Waals surface area (Å²) < 4.78 is 5.89. The molecule has 2 aromatic rings. The molecule has 0 fully saturated rings. The molecule has 0 aliphatic heterocycles. The molecular weight excluding hydrogens is 439 g/mol. The zero-order chi connectivity index (χ0) is 17.9. The van der Waals surface area contributed by atoms with E-state index in [4.69, 9.17) is 4.74 Å². The fourth-order valence-corrected chi connectivity index (χ4v) is 2.30. The Kier molecular flexibility index (Phi) is 10.7. The Hall–Kier alpha value is -1.83. The van der Waals surface area contributed by atoms with Crippen molar-refractivity contribution in [2.45, 2.75) is 26.8 Å². The third-order valence-corrected chi connectivity index (χ3v) is 3.61. The highest BCUT2D eigenvalue weighted by molar-refractivity contribution is 14.0. The molecule has 142 valence electrons. The fraction of sp³-hybridized carbons (Fsp3) is 0.400. The largest absolute Gasteiger partial charge is 0.493 e. The van der Waals surface area contributed by atoms with Crippen LogP contribution in [0.5, 0.6) is 5.75 Å². The molecule has 2 N–H and O–H groups in total. The highest BCUT2D eigenvalue weighted by atomic mass is 127. The molecular formula is C20H29IN4O. The maximum Gasteiger partial charge on any atom is 0.191 e. The van der Waals surface area contributed by atoms with E-state index in [1.54, 1.807) is 7.05 Å². The Labute approximate surface area is 173 Å². The van der Waals surface area contributed by atoms with E-state index in [1.165, 1.54) is 0 Å². The number of nitrogens with zero attached hydrogens (tertiary/aromatic N) is 2. The quantitative estimate of drug-likeness (QED) is 0.353. The summed E-state index contributed by atoms with van der Waals surface area (Å²) in [6, 6.07) is 14.1. The average molecular weight is 468 g/mol. The highest BCUT2D eigenvalue weighted by Crippen LogP contribution is 2.18. The van der Waals surface area contributed by atoms with Crippen LogP contribution in [-0.2, 0) is 13.0 Å². The van der Waals surface area contributed by atoms with Crippen LogP contribution in [0.4, 0.5) is 0 Å². The number of aromatic nitrogens is 1. The van der Waals surface area contributed by atoms with Crippen molar-refractivity contribution in [1.82, 2.24) is 15.6 Å². The molecule has 0 saturated heterocycles. The first-order chi connectivity index (χ1) is 12.2. The maximum atomic E-state index is 5.89. The van der Waals surface area contributed by atoms with Gasteiger partial charge in [-0.3, -0.25) is 9.98 Å². The van der Waals surface area contributed by atoms with Crippen LogP contribution >= 0.6 is 24.0 Å². The van der Waals surface area contributed by atoms with Gasteiger partial charge in [0.1, 0.15) is 5.75 Å². The number of hydrogen-bond donors (Lipinski definition) is 2. The standard InChI is InChI=1S/C20H28N4O.HI/c1-16(2)15-25-19-10-5-4-8-17(19)14-24-20(21-3)23-13-11-18-9-6-7-12-22-18;/h4-10,12,16H,11,13-15H2,1-3H3,(H2,21,23,24);1H. The number of nitrogens with one attached hydrogen (secondary N) is 2. The first-order valence-corrected chi connectivity index (χ1v) is 8.74. The second kappa shape index (κ2) is 12.5. The molecule has 0 amide bonds. The van der Waals surface area contributed by atoms with E-state index < -0.39 is 0 Å². The lowest BCUT2D eigenvalue weighted by Gasteiger charge is -2.15. The van der Waals surface area contributed by atoms with E-state index in [9.17, 15) is 0 Å². The molecule has 0 spiro atoms. The number of benzene rings is 1. The van der Waals surface area contributed by atoms with Crippen LogP contribution in [0.1, 0.15) is 25.1 Å². The monoisotopic (exact) mass is 468 g/mol. The van der Waals surface area contributed by atoms with Crippen molar-refractivity contribution in [2.24, 2.45) is 10.9 Å². The van der Waals surface area contributed by atoms with Crippen LogP contribution in [0, 0.1) is 5.92 Å². The predicted octanol–water partition coefficient (Wildman–Crippen LogP) is 3.64. The Morgan fingerprint density at radius 1 is 1.12 bits per heavy atom. The van der Waals surface area contributed by atoms with Gasteiger partial charge in [0.25, 0.3) is 0 Å². The van der Waals surface area contributed by atoms with Gasteiger partial charge in [-0.1, -0.05) is 38.1 Å². The van der Waals surface area contributed by atoms with E-state index in [0.717, 1.165) is 35.9 Å². The van der Waals surface area contributed by atoms with Gasteiger partial charge in [0.15, 0.2) is 5.96 Å². The lowest BCUT2D eigenvalue weighted by atomic mass is 10.2. The Balaban J connectivity index is 0.00000338. The molecule has 1 aromatic heterocycles. The summed E-state index contributed by atoms with van der Waals surface area (Å²) in [5, 5.41) is 6.65. The Morgan fingerprint density at radius 2 is 1.88 bits per heavy atom. The molecule has 0 saturated carbocycles. The van der Waals surface area contributed by atoms with Crippen molar-refractivity contribution in [2.75, 3.05) is 20.2 Å². The van der Waals surface area contributed by atoms with E-state index >= 15 is 0 Å². The molecule has 6 heteroatoms. The fourth-order valence-electron chi connectivity index (χ4n) is 2.30. The van der Waals surface area contributed by atoms with Gasteiger partial charge < -0.3 is 15.4 Å². The zero-order valence-corrected chi connectivity index (χ0v) is 18.1. The molecule has 0 radical (unpaired) electrons. The number of aliphatic imine (C=N–C) groups is 1. The van der Waals surface area contributed by atoms with E-state index in [1.807, 2.05) is 42.6 Å². The molecule has 0 aliphatic rings. The van der Waals surface area contributed by atoms with Gasteiger partial charge in [0, 0.05) is 44.0 Å². The summed E-state index contributed by atoms with van der Waals surface area (Å²) in [5.41, 5.74) is 2.19. The summed E-state index contributed by atoms with van der Waals surface area (Å²) in [4.78, 5) is 8.60. The first-order valence-electron chi connectivity index (χ1n) is 8.74. The molecule has 1 aromatic carbocycles. The van der Waals surface area contributed by atoms with Crippen LogP contribution in [0.3, 0.4) is 0 Å². The number of ether oxygens (including phenoxy) is 1. The summed E-state index contributed by atoms with van der Waals surface area (Å²) in [6.45, 7) is 6.45. The zero-order valence-electron chi connectivity index (χ0n) is 15.7. The number of hydrogen-bond acceptors (Lipinski definition) is 3. The van der Waals surface area contributed by atoms with Crippen molar-refractivity contribution >= 4 is 29.9 Å². The number of rotatable bonds is 8. The van der Waals surface area contributed by atoms with Gasteiger partial charge in [-0.05, 0) is 24.1 Å². The number of para-hydroxylation sites is 1. The molecule has 0 bridgehead atoms. The van der Waals surface area contributed by atoms with Gasteiger partial charge >= 0.3 is 0 Å². The van der Waals surface area contributed by atoms with Gasteiger partial charge in [-0.15, -0.1) is 24.0 Å². The van der Waals surface area contributed by atoms with Crippen molar-refractivity contribution in [3.63, 3.8) is 0 Å². The van der Waals surface area contributed by atoms with E-state index in [2.05, 4.69) is 40.5 Å². The molecule has 5 nitrogen and oxygen atoms in total. The minimum atomic E-state index is 0. The third kappa shape index (κ3) is 8.03. The summed E-state index contributed by atoms with van der Waals surface area (Å²) >= 11 is 0. The molecule has 0 atom stereocenters. The van der Waals surface area contributed by atoms with Crippen LogP contribution in [0.2, 0.25) is 0 Å². The van der Waals surface area contributed by atoms with E-state index in [0.29, 0.717) is 19.1 Å². The highest BCUT2D eigenvalue weighted by Gasteiger charge is 2.05. The number of pyridine rings is 1. The third-order valence-electron chi connectivity index (χ3n) is 3.61. The minimum Gasteiger partial charge on any atom is -0.493 e. The van der Waals surface area contributed by atoms with Crippen molar-refractivity contribution in [1.29, 1.82) is 0 Å². The second-order valence-corrected chi connectivity index (χ2v) is 6.24. The Morgan fingerprint density at radius 3 is 2.58 bits per heavy atom. The van der Waals surface area contributed by atoms with Crippen LogP contribution < -0.4 is 15.4 Å². The molecule has 0 aliphatic carbocycles. The smallest absolute Gasteiger partial charge is 0.191 e. The van der Waals surface area contributed by atoms with Crippen molar-refractivity contribution in [3.05, 3.63) is 59.9 Å². The predicted molar refractivity (Wildman–Crippen MR) is 118 cm³/mol. The van der Waals surface area contributed by atoms with E-state index in [-0.39, 0.29) is 24.0 Å². The Bertz CT molecular complexity index is 662. The maximum absolute atomic E-state index is 5.89. The first kappa shape index (κ1) is 22.2. The molecule has 26 heavy (non-hydrogen) atoms. The van der Waals surface area contributed by atoms with Crippen LogP contribution in [0.25, 0.3) is 0 Å².